The van der Waals surface area contributed by atoms with Crippen LogP contribution in [0, 0.1) is 17.7 Å². The van der Waals surface area contributed by atoms with Crippen molar-refractivity contribution in [2.45, 2.75) is 110 Å². The summed E-state index contributed by atoms with van der Waals surface area (Å²) in [7, 11) is 1.97. The average molecular weight is 686 g/mol. The molecule has 5 atom stereocenters. The van der Waals surface area contributed by atoms with Gasteiger partial charge in [0.25, 0.3) is 11.8 Å². The number of alkyl halides is 1. The minimum atomic E-state index is -2.19. The van der Waals surface area contributed by atoms with E-state index in [0.29, 0.717) is 43.4 Å². The van der Waals surface area contributed by atoms with Crippen LogP contribution in [0.1, 0.15) is 95.6 Å². The van der Waals surface area contributed by atoms with Crippen molar-refractivity contribution in [2.24, 2.45) is 11.8 Å². The predicted molar refractivity (Wildman–Crippen MR) is 184 cm³/mol. The van der Waals surface area contributed by atoms with Crippen molar-refractivity contribution in [2.75, 3.05) is 32.0 Å². The molecule has 3 N–H and O–H groups in total. The number of aromatic nitrogens is 2. The topological polar surface area (TPSA) is 129 Å². The maximum absolute atomic E-state index is 15.8. The SMILES string of the molecule is CCn1nccc1C(=O)N[C@H](C(=O)Nc1ccc([C@H](C)C(NC(=O)C(C)(F)CC)C(=O)N2CCN(C)[C@@H](C)C2)cc1F)[C@H]1CC[C@H](C)CC1. The Bertz CT molecular complexity index is 1490. The van der Waals surface area contributed by atoms with Gasteiger partial charge in [0.15, 0.2) is 5.67 Å². The number of anilines is 1. The number of hydrogen-bond acceptors (Lipinski definition) is 6. The van der Waals surface area contributed by atoms with Crippen molar-refractivity contribution in [3.63, 3.8) is 0 Å². The third-order valence-electron chi connectivity index (χ3n) is 10.6. The number of nitrogens with one attached hydrogen (secondary N) is 3. The smallest absolute Gasteiger partial charge is 0.270 e. The largest absolute Gasteiger partial charge is 0.341 e. The molecule has 2 unspecified atom stereocenters. The fraction of sp³-hybridized carbons (Fsp3) is 0.639. The Morgan fingerprint density at radius 1 is 1.04 bits per heavy atom. The van der Waals surface area contributed by atoms with Gasteiger partial charge in [-0.3, -0.25) is 23.9 Å². The third-order valence-corrected chi connectivity index (χ3v) is 10.6. The van der Waals surface area contributed by atoms with Crippen molar-refractivity contribution in [1.82, 2.24) is 30.2 Å². The lowest BCUT2D eigenvalue weighted by atomic mass is 9.79. The number of halogens is 2. The van der Waals surface area contributed by atoms with E-state index in [1.54, 1.807) is 35.6 Å². The van der Waals surface area contributed by atoms with Crippen molar-refractivity contribution in [3.8, 4) is 0 Å². The van der Waals surface area contributed by atoms with Crippen molar-refractivity contribution < 1.29 is 28.0 Å². The molecule has 13 heteroatoms. The molecular formula is C36H53F2N7O4. The quantitative estimate of drug-likeness (QED) is 0.302. The molecule has 0 bridgehead atoms. The number of aryl methyl sites for hydroxylation is 1. The first-order chi connectivity index (χ1) is 23.2. The minimum absolute atomic E-state index is 0.0771. The van der Waals surface area contributed by atoms with Gasteiger partial charge in [0.1, 0.15) is 23.6 Å². The summed E-state index contributed by atoms with van der Waals surface area (Å²) in [5.74, 6) is -3.29. The van der Waals surface area contributed by atoms with E-state index in [2.05, 4.69) is 32.9 Å². The summed E-state index contributed by atoms with van der Waals surface area (Å²) in [6, 6.07) is 3.88. The summed E-state index contributed by atoms with van der Waals surface area (Å²) in [5, 5.41) is 12.4. The summed E-state index contributed by atoms with van der Waals surface area (Å²) in [5.41, 5.74) is -1.54. The Hall–Kier alpha value is -3.87. The summed E-state index contributed by atoms with van der Waals surface area (Å²) in [6.07, 6.45) is 4.78. The molecule has 4 amide bonds. The molecule has 2 aromatic rings. The highest BCUT2D eigenvalue weighted by atomic mass is 19.1. The zero-order valence-corrected chi connectivity index (χ0v) is 29.9. The van der Waals surface area contributed by atoms with Crippen LogP contribution in [0.15, 0.2) is 30.5 Å². The molecule has 2 aliphatic rings. The molecule has 1 saturated heterocycles. The van der Waals surface area contributed by atoms with Crippen molar-refractivity contribution in [3.05, 3.63) is 47.5 Å². The lowest BCUT2D eigenvalue weighted by Gasteiger charge is -2.40. The van der Waals surface area contributed by atoms with E-state index in [0.717, 1.165) is 25.7 Å². The number of rotatable bonds is 12. The van der Waals surface area contributed by atoms with Gasteiger partial charge in [-0.05, 0) is 82.7 Å². The monoisotopic (exact) mass is 685 g/mol. The Morgan fingerprint density at radius 2 is 1.73 bits per heavy atom. The summed E-state index contributed by atoms with van der Waals surface area (Å²) >= 11 is 0. The second-order valence-corrected chi connectivity index (χ2v) is 14.1. The maximum Gasteiger partial charge on any atom is 0.270 e. The van der Waals surface area contributed by atoms with Crippen LogP contribution in [0.5, 0.6) is 0 Å². The predicted octanol–water partition coefficient (Wildman–Crippen LogP) is 4.49. The molecular weight excluding hydrogens is 632 g/mol. The Labute approximate surface area is 288 Å². The normalized spacial score (nSPS) is 23.1. The number of likely N-dealkylation sites (N-methyl/N-ethyl adjacent to an activating group) is 1. The lowest BCUT2D eigenvalue weighted by molar-refractivity contribution is -0.142. The molecule has 0 radical (unpaired) electrons. The van der Waals surface area contributed by atoms with E-state index in [1.807, 2.05) is 20.9 Å². The molecule has 2 fully saturated rings. The van der Waals surface area contributed by atoms with Gasteiger partial charge < -0.3 is 25.8 Å². The van der Waals surface area contributed by atoms with Gasteiger partial charge in [0.05, 0.1) is 5.69 Å². The Kier molecular flexibility index (Phi) is 12.6. The highest BCUT2D eigenvalue weighted by molar-refractivity contribution is 6.00. The highest BCUT2D eigenvalue weighted by Crippen LogP contribution is 2.32. The van der Waals surface area contributed by atoms with E-state index in [1.165, 1.54) is 25.3 Å². The maximum atomic E-state index is 15.8. The van der Waals surface area contributed by atoms with Crippen LogP contribution >= 0.6 is 0 Å². The first-order valence-electron chi connectivity index (χ1n) is 17.6. The third kappa shape index (κ3) is 9.03. The Morgan fingerprint density at radius 3 is 2.35 bits per heavy atom. The van der Waals surface area contributed by atoms with E-state index in [9.17, 15) is 19.2 Å². The summed E-state index contributed by atoms with van der Waals surface area (Å²) in [4.78, 5) is 57.6. The zero-order valence-electron chi connectivity index (χ0n) is 29.9. The van der Waals surface area contributed by atoms with Crippen LogP contribution in [-0.2, 0) is 20.9 Å². The Balaban J connectivity index is 1.56. The molecule has 1 aliphatic heterocycles. The lowest BCUT2D eigenvalue weighted by Crippen LogP contribution is -2.59. The molecule has 1 aliphatic carbocycles. The van der Waals surface area contributed by atoms with E-state index in [4.69, 9.17) is 0 Å². The number of benzene rings is 1. The minimum Gasteiger partial charge on any atom is -0.341 e. The van der Waals surface area contributed by atoms with Gasteiger partial charge in [-0.15, -0.1) is 0 Å². The summed E-state index contributed by atoms with van der Waals surface area (Å²) < 4.78 is 32.4. The van der Waals surface area contributed by atoms with E-state index in [-0.39, 0.29) is 30.0 Å². The van der Waals surface area contributed by atoms with Gasteiger partial charge in [-0.1, -0.05) is 39.7 Å². The second kappa shape index (κ2) is 16.2. The van der Waals surface area contributed by atoms with Gasteiger partial charge in [-0.2, -0.15) is 5.10 Å². The van der Waals surface area contributed by atoms with Crippen molar-refractivity contribution >= 4 is 29.3 Å². The van der Waals surface area contributed by atoms with Crippen LogP contribution in [0.3, 0.4) is 0 Å². The number of piperazine rings is 1. The van der Waals surface area contributed by atoms with Gasteiger partial charge >= 0.3 is 0 Å². The fourth-order valence-corrected chi connectivity index (χ4v) is 6.63. The van der Waals surface area contributed by atoms with Crippen molar-refractivity contribution in [1.29, 1.82) is 0 Å². The first kappa shape index (κ1) is 37.9. The van der Waals surface area contributed by atoms with Crippen LogP contribution < -0.4 is 16.0 Å². The average Bonchev–Trinajstić information content (AvgIpc) is 3.57. The van der Waals surface area contributed by atoms with Crippen LogP contribution in [0.2, 0.25) is 0 Å². The fourth-order valence-electron chi connectivity index (χ4n) is 6.63. The van der Waals surface area contributed by atoms with Crippen LogP contribution in [0.25, 0.3) is 0 Å². The van der Waals surface area contributed by atoms with E-state index < -0.39 is 47.2 Å². The van der Waals surface area contributed by atoms with Gasteiger partial charge in [-0.25, -0.2) is 8.78 Å². The molecule has 1 aromatic carbocycles. The number of amides is 4. The molecule has 1 aromatic heterocycles. The standard InChI is InChI=1S/C36H53F2N7O4/c1-8-36(6,38)35(49)42-30(34(48)44-19-18-43(7)23(4)21-44)24(5)26-14-15-28(27(37)20-26)40-33(47)31(25-12-10-22(3)11-13-25)41-32(46)29-16-17-39-45(29)9-2/h14-17,20,22-25,30-31H,8-13,18-19,21H2,1-7H3,(H,40,47)(H,41,46)(H,42,49)/t22-,23-,24-,25-,30?,31-,36?/m0/s1. The molecule has 4 rings (SSSR count). The summed E-state index contributed by atoms with van der Waals surface area (Å²) in [6.45, 7) is 12.4. The number of nitrogens with zero attached hydrogens (tertiary/aromatic N) is 4. The highest BCUT2D eigenvalue weighted by Gasteiger charge is 2.39. The number of carbonyl (C=O) groups is 4. The van der Waals surface area contributed by atoms with Gasteiger partial charge in [0.2, 0.25) is 11.8 Å². The van der Waals surface area contributed by atoms with E-state index >= 15 is 8.78 Å². The van der Waals surface area contributed by atoms with Crippen LogP contribution in [0.4, 0.5) is 14.5 Å². The molecule has 270 valence electrons. The number of hydrogen-bond donors (Lipinski definition) is 3. The first-order valence-corrected chi connectivity index (χ1v) is 17.6. The van der Waals surface area contributed by atoms with Gasteiger partial charge in [0, 0.05) is 44.3 Å². The molecule has 1 saturated carbocycles. The molecule has 0 spiro atoms. The molecule has 11 nitrogen and oxygen atoms in total. The van der Waals surface area contributed by atoms with Crippen LogP contribution in [-0.4, -0.2) is 93.7 Å². The molecule has 49 heavy (non-hydrogen) atoms. The molecule has 2 heterocycles. The second-order valence-electron chi connectivity index (χ2n) is 14.1. The zero-order chi connectivity index (χ0) is 36.0. The number of carbonyl (C=O) groups excluding carboxylic acids is 4.